The molecule has 9 rings (SSSR count). The molecule has 9 aromatic rings. The number of rotatable bonds is 6. The van der Waals surface area contributed by atoms with Crippen LogP contribution in [0.15, 0.2) is 183 Å². The van der Waals surface area contributed by atoms with E-state index in [4.69, 9.17) is 0 Å². The van der Waals surface area contributed by atoms with Crippen molar-refractivity contribution in [1.29, 1.82) is 0 Å². The van der Waals surface area contributed by atoms with E-state index < -0.39 is 0 Å². The van der Waals surface area contributed by atoms with Gasteiger partial charge in [-0.05, 0) is 72.8 Å². The zero-order valence-corrected chi connectivity index (χ0v) is 32.7. The monoisotopic (exact) mass is 981 g/mol. The Hall–Kier alpha value is -5.04. The number of hydrogen-bond acceptors (Lipinski definition) is 6. The molecule has 0 radical (unpaired) electrons. The molecule has 0 N–H and O–H groups in total. The van der Waals surface area contributed by atoms with Gasteiger partial charge in [0, 0.05) is 71.3 Å². The summed E-state index contributed by atoms with van der Waals surface area (Å²) < 4.78 is 0. The first-order chi connectivity index (χ1) is 25.3. The fourth-order valence-electron chi connectivity index (χ4n) is 5.03. The van der Waals surface area contributed by atoms with Gasteiger partial charge in [0.05, 0.1) is 0 Å². The van der Waals surface area contributed by atoms with Gasteiger partial charge >= 0.3 is 67.1 Å². The quantitative estimate of drug-likeness (QED) is 0.152. The number of aromatic nitrogens is 9. The van der Waals surface area contributed by atoms with Gasteiger partial charge in [0.15, 0.2) is 0 Å². The van der Waals surface area contributed by atoms with E-state index in [0.717, 1.165) is 68.3 Å². The number of nitrogens with zero attached hydrogens (tertiary/aromatic N) is 9. The van der Waals surface area contributed by atoms with Gasteiger partial charge in [0.25, 0.3) is 0 Å². The molecule has 54 heavy (non-hydrogen) atoms. The van der Waals surface area contributed by atoms with Crippen molar-refractivity contribution in [2.75, 3.05) is 0 Å². The third kappa shape index (κ3) is 11.2. The van der Waals surface area contributed by atoms with E-state index in [9.17, 15) is 0 Å². The van der Waals surface area contributed by atoms with E-state index in [1.807, 2.05) is 146 Å². The standard InChI is InChI=1S/3C14H10N3.3Ag/c3*1-3-9-15-11(5-1)13-7-8-14(17-13)12-6-2-4-10-16-12;;;/h3*1-10H;;;/q3*-1;3*+1. The minimum atomic E-state index is 0. The van der Waals surface area contributed by atoms with Crippen LogP contribution in [-0.2, 0) is 67.1 Å². The molecule has 0 bridgehead atoms. The molecular weight excluding hydrogens is 954 g/mol. The van der Waals surface area contributed by atoms with Crippen LogP contribution in [0.1, 0.15) is 0 Å². The van der Waals surface area contributed by atoms with Crippen molar-refractivity contribution >= 4 is 0 Å². The van der Waals surface area contributed by atoms with Crippen molar-refractivity contribution in [3.63, 3.8) is 0 Å². The van der Waals surface area contributed by atoms with Crippen molar-refractivity contribution < 1.29 is 67.1 Å². The molecular formula is C42H30Ag3N9. The Balaban J connectivity index is 0.000000176. The molecule has 0 aliphatic heterocycles. The van der Waals surface area contributed by atoms with Crippen LogP contribution in [0.2, 0.25) is 0 Å². The fraction of sp³-hybridized carbons (Fsp3) is 0. The largest absolute Gasteiger partial charge is 1.00 e. The zero-order chi connectivity index (χ0) is 34.5. The van der Waals surface area contributed by atoms with E-state index in [1.165, 1.54) is 0 Å². The third-order valence-corrected chi connectivity index (χ3v) is 7.48. The SMILES string of the molecule is [Ag+].[Ag+].[Ag+].c1ccc(-c2ccc(-c3ccccn3)[n-]2)nc1.c1ccc(-c2ccc(-c3ccccn3)[n-]2)nc1.c1ccc(-c2ccc(-c3ccccn3)[n-]2)nc1. The predicted octanol–water partition coefficient (Wildman–Crippen LogP) is 8.30. The van der Waals surface area contributed by atoms with E-state index in [-0.39, 0.29) is 67.1 Å². The van der Waals surface area contributed by atoms with Crippen LogP contribution in [0.4, 0.5) is 0 Å². The van der Waals surface area contributed by atoms with E-state index in [2.05, 4.69) is 44.9 Å². The second-order valence-corrected chi connectivity index (χ2v) is 10.9. The van der Waals surface area contributed by atoms with Crippen LogP contribution in [0.5, 0.6) is 0 Å². The third-order valence-electron chi connectivity index (χ3n) is 7.48. The van der Waals surface area contributed by atoms with E-state index >= 15 is 0 Å². The van der Waals surface area contributed by atoms with Gasteiger partial charge < -0.3 is 15.0 Å². The van der Waals surface area contributed by atoms with Crippen LogP contribution >= 0.6 is 0 Å². The topological polar surface area (TPSA) is 120 Å². The first kappa shape index (κ1) is 41.7. The van der Waals surface area contributed by atoms with Gasteiger partial charge in [-0.3, -0.25) is 29.9 Å². The summed E-state index contributed by atoms with van der Waals surface area (Å²) in [5.41, 5.74) is 10.6. The van der Waals surface area contributed by atoms with Crippen LogP contribution < -0.4 is 15.0 Å². The smallest absolute Gasteiger partial charge is 0.654 e. The zero-order valence-electron chi connectivity index (χ0n) is 28.2. The van der Waals surface area contributed by atoms with Gasteiger partial charge in [-0.1, -0.05) is 72.8 Å². The van der Waals surface area contributed by atoms with Crippen LogP contribution in [-0.4, -0.2) is 29.9 Å². The van der Waals surface area contributed by atoms with Gasteiger partial charge in [-0.25, -0.2) is 0 Å². The number of pyridine rings is 6. The molecule has 0 aromatic carbocycles. The Morgan fingerprint density at radius 3 is 0.519 bits per heavy atom. The molecule has 0 unspecified atom stereocenters. The maximum Gasteiger partial charge on any atom is 1.00 e. The molecule has 9 nitrogen and oxygen atoms in total. The van der Waals surface area contributed by atoms with Gasteiger partial charge in [-0.15, -0.1) is 34.2 Å². The Kier molecular flexibility index (Phi) is 16.7. The second kappa shape index (κ2) is 21.6. The molecule has 9 heterocycles. The Labute approximate surface area is 360 Å². The summed E-state index contributed by atoms with van der Waals surface area (Å²) >= 11 is 0. The van der Waals surface area contributed by atoms with Crippen molar-refractivity contribution in [2.24, 2.45) is 0 Å². The van der Waals surface area contributed by atoms with Gasteiger partial charge in [0.2, 0.25) is 0 Å². The average molecular weight is 984 g/mol. The van der Waals surface area contributed by atoms with Crippen molar-refractivity contribution in [1.82, 2.24) is 44.9 Å². The molecule has 0 aliphatic rings. The van der Waals surface area contributed by atoms with Crippen molar-refractivity contribution in [3.8, 4) is 68.3 Å². The maximum atomic E-state index is 4.53. The Morgan fingerprint density at radius 2 is 0.389 bits per heavy atom. The van der Waals surface area contributed by atoms with Gasteiger partial charge in [-0.2, -0.15) is 0 Å². The maximum absolute atomic E-state index is 4.53. The summed E-state index contributed by atoms with van der Waals surface area (Å²) in [7, 11) is 0. The minimum Gasteiger partial charge on any atom is -0.654 e. The summed E-state index contributed by atoms with van der Waals surface area (Å²) in [5.74, 6) is 0. The van der Waals surface area contributed by atoms with Crippen molar-refractivity contribution in [2.45, 2.75) is 0 Å². The van der Waals surface area contributed by atoms with E-state index in [0.29, 0.717) is 0 Å². The molecule has 0 aliphatic carbocycles. The van der Waals surface area contributed by atoms with E-state index in [1.54, 1.807) is 37.2 Å². The summed E-state index contributed by atoms with van der Waals surface area (Å²) in [6.07, 6.45) is 10.6. The first-order valence-corrected chi connectivity index (χ1v) is 16.2. The molecule has 0 saturated heterocycles. The molecule has 0 spiro atoms. The Morgan fingerprint density at radius 1 is 0.222 bits per heavy atom. The Bertz CT molecular complexity index is 1920. The fourth-order valence-corrected chi connectivity index (χ4v) is 5.03. The second-order valence-electron chi connectivity index (χ2n) is 10.9. The average Bonchev–Trinajstić information content (AvgIpc) is 4.03. The molecule has 0 saturated carbocycles. The predicted molar refractivity (Wildman–Crippen MR) is 199 cm³/mol. The molecule has 12 heteroatoms. The molecule has 0 atom stereocenters. The van der Waals surface area contributed by atoms with Crippen molar-refractivity contribution in [3.05, 3.63) is 183 Å². The summed E-state index contributed by atoms with van der Waals surface area (Å²) in [4.78, 5) is 39.2. The summed E-state index contributed by atoms with van der Waals surface area (Å²) in [6.45, 7) is 0. The molecule has 0 fully saturated rings. The van der Waals surface area contributed by atoms with Crippen LogP contribution in [0.3, 0.4) is 0 Å². The van der Waals surface area contributed by atoms with Crippen LogP contribution in [0, 0.1) is 0 Å². The van der Waals surface area contributed by atoms with Gasteiger partial charge in [0.1, 0.15) is 0 Å². The normalized spacial score (nSPS) is 9.78. The molecule has 9 aromatic heterocycles. The summed E-state index contributed by atoms with van der Waals surface area (Å²) in [5, 5.41) is 0. The first-order valence-electron chi connectivity index (χ1n) is 16.2. The summed E-state index contributed by atoms with van der Waals surface area (Å²) in [6, 6.07) is 46.6. The molecule has 0 amide bonds. The minimum absolute atomic E-state index is 0. The molecule has 276 valence electrons. The van der Waals surface area contributed by atoms with Crippen LogP contribution in [0.25, 0.3) is 68.3 Å². The number of hydrogen-bond donors (Lipinski definition) is 0.